The normalized spacial score (nSPS) is 19.2. The summed E-state index contributed by atoms with van der Waals surface area (Å²) in [5, 5.41) is 2.09. The lowest BCUT2D eigenvalue weighted by Crippen LogP contribution is -2.54. The number of carbonyl (C=O) groups excluding carboxylic acids is 1. The van der Waals surface area contributed by atoms with E-state index in [1.165, 1.54) is 4.90 Å². The second kappa shape index (κ2) is 5.98. The van der Waals surface area contributed by atoms with E-state index in [2.05, 4.69) is 5.32 Å². The Morgan fingerprint density at radius 1 is 1.26 bits per heavy atom. The lowest BCUT2D eigenvalue weighted by molar-refractivity contribution is -0.159. The summed E-state index contributed by atoms with van der Waals surface area (Å²) >= 11 is 0. The van der Waals surface area contributed by atoms with E-state index < -0.39 is 23.7 Å². The van der Waals surface area contributed by atoms with Gasteiger partial charge in [-0.15, -0.1) is 0 Å². The first kappa shape index (κ1) is 16.1. The van der Waals surface area contributed by atoms with Crippen LogP contribution in [-0.4, -0.2) is 49.5 Å². The number of alkyl halides is 3. The molecular formula is C12H21F3N2O2. The highest BCUT2D eigenvalue weighted by Gasteiger charge is 2.43. The van der Waals surface area contributed by atoms with Gasteiger partial charge in [-0.2, -0.15) is 13.2 Å². The zero-order valence-electron chi connectivity index (χ0n) is 11.5. The smallest absolute Gasteiger partial charge is 0.378 e. The Balaban J connectivity index is 2.63. The molecule has 0 aromatic rings. The van der Waals surface area contributed by atoms with Gasteiger partial charge in [0.1, 0.15) is 6.04 Å². The van der Waals surface area contributed by atoms with Crippen LogP contribution in [-0.2, 0) is 4.74 Å². The molecule has 1 N–H and O–H groups in total. The van der Waals surface area contributed by atoms with Crippen LogP contribution in [0.3, 0.4) is 0 Å². The summed E-state index contributed by atoms with van der Waals surface area (Å²) in [5.41, 5.74) is -0.515. The summed E-state index contributed by atoms with van der Waals surface area (Å²) in [6, 6.07) is -2.49. The summed E-state index contributed by atoms with van der Waals surface area (Å²) in [6.07, 6.45) is -4.58. The average Bonchev–Trinajstić information content (AvgIpc) is 2.26. The van der Waals surface area contributed by atoms with Crippen LogP contribution in [0.15, 0.2) is 0 Å². The Bertz CT molecular complexity index is 307. The van der Waals surface area contributed by atoms with Crippen LogP contribution in [0.1, 0.15) is 27.2 Å². The zero-order valence-corrected chi connectivity index (χ0v) is 11.5. The molecule has 1 heterocycles. The highest BCUT2D eigenvalue weighted by Crippen LogP contribution is 2.30. The van der Waals surface area contributed by atoms with Crippen molar-refractivity contribution < 1.29 is 22.7 Å². The van der Waals surface area contributed by atoms with E-state index in [4.69, 9.17) is 4.74 Å². The highest BCUT2D eigenvalue weighted by molar-refractivity contribution is 5.74. The fourth-order valence-corrected chi connectivity index (χ4v) is 1.87. The molecule has 0 aromatic carbocycles. The van der Waals surface area contributed by atoms with Crippen molar-refractivity contribution in [3.63, 3.8) is 0 Å². The van der Waals surface area contributed by atoms with Crippen LogP contribution >= 0.6 is 0 Å². The fraction of sp³-hybridized carbons (Fsp3) is 0.917. The van der Waals surface area contributed by atoms with Gasteiger partial charge < -0.3 is 15.0 Å². The number of hydrogen-bond acceptors (Lipinski definition) is 2. The van der Waals surface area contributed by atoms with Crippen molar-refractivity contribution in [1.82, 2.24) is 10.2 Å². The summed E-state index contributed by atoms with van der Waals surface area (Å²) in [7, 11) is 0. The van der Waals surface area contributed by atoms with Crippen molar-refractivity contribution in [3.05, 3.63) is 0 Å². The molecule has 19 heavy (non-hydrogen) atoms. The van der Waals surface area contributed by atoms with Gasteiger partial charge in [0.05, 0.1) is 13.2 Å². The van der Waals surface area contributed by atoms with Crippen molar-refractivity contribution in [2.24, 2.45) is 5.41 Å². The Kier molecular flexibility index (Phi) is 5.06. The third-order valence-electron chi connectivity index (χ3n) is 2.81. The molecule has 0 saturated carbocycles. The maximum absolute atomic E-state index is 12.9. The second-order valence-electron chi connectivity index (χ2n) is 5.91. The van der Waals surface area contributed by atoms with Crippen LogP contribution in [0.5, 0.6) is 0 Å². The third kappa shape index (κ3) is 5.67. The first-order valence-corrected chi connectivity index (χ1v) is 6.29. The van der Waals surface area contributed by atoms with Gasteiger partial charge in [-0.05, 0) is 11.8 Å². The molecule has 1 aliphatic heterocycles. The van der Waals surface area contributed by atoms with Crippen molar-refractivity contribution in [2.75, 3.05) is 26.3 Å². The van der Waals surface area contributed by atoms with Gasteiger partial charge in [0.2, 0.25) is 0 Å². The zero-order chi connectivity index (χ0) is 14.7. The predicted octanol–water partition coefficient (Wildman–Crippen LogP) is 2.40. The lowest BCUT2D eigenvalue weighted by atomic mass is 9.88. The minimum absolute atomic E-state index is 0.146. The van der Waals surface area contributed by atoms with Gasteiger partial charge in [0, 0.05) is 13.1 Å². The molecule has 7 heteroatoms. The lowest BCUT2D eigenvalue weighted by Gasteiger charge is -2.32. The van der Waals surface area contributed by atoms with Crippen molar-refractivity contribution in [3.8, 4) is 0 Å². The maximum atomic E-state index is 12.9. The standard InChI is InChI=1S/C12H21F3N2O2/c1-11(2,3)8-9(12(13,14)15)16-10(18)17-4-6-19-7-5-17/h9H,4-8H2,1-3H3,(H,16,18). The van der Waals surface area contributed by atoms with Gasteiger partial charge in [-0.1, -0.05) is 20.8 Å². The monoisotopic (exact) mass is 282 g/mol. The number of amides is 2. The summed E-state index contributed by atoms with van der Waals surface area (Å²) in [4.78, 5) is 13.2. The molecule has 1 fully saturated rings. The van der Waals surface area contributed by atoms with E-state index in [0.717, 1.165) is 0 Å². The summed E-state index contributed by atoms with van der Waals surface area (Å²) < 4.78 is 43.8. The molecule has 0 aliphatic carbocycles. The van der Waals surface area contributed by atoms with E-state index in [-0.39, 0.29) is 6.42 Å². The van der Waals surface area contributed by atoms with E-state index in [1.54, 1.807) is 20.8 Å². The number of halogens is 3. The fourth-order valence-electron chi connectivity index (χ4n) is 1.87. The first-order valence-electron chi connectivity index (χ1n) is 6.29. The minimum atomic E-state index is -4.44. The predicted molar refractivity (Wildman–Crippen MR) is 64.8 cm³/mol. The molecule has 0 aromatic heterocycles. The molecule has 1 saturated heterocycles. The van der Waals surface area contributed by atoms with E-state index in [0.29, 0.717) is 26.3 Å². The van der Waals surface area contributed by atoms with Gasteiger partial charge >= 0.3 is 12.2 Å². The molecule has 1 aliphatic rings. The van der Waals surface area contributed by atoms with Crippen LogP contribution in [0.25, 0.3) is 0 Å². The van der Waals surface area contributed by atoms with Gasteiger partial charge in [0.15, 0.2) is 0 Å². The first-order chi connectivity index (χ1) is 8.59. The summed E-state index contributed by atoms with van der Waals surface area (Å²) in [6.45, 7) is 6.52. The maximum Gasteiger partial charge on any atom is 0.408 e. The quantitative estimate of drug-likeness (QED) is 0.845. The highest BCUT2D eigenvalue weighted by atomic mass is 19.4. The van der Waals surface area contributed by atoms with Gasteiger partial charge in [-0.3, -0.25) is 0 Å². The third-order valence-corrected chi connectivity index (χ3v) is 2.81. The summed E-state index contributed by atoms with van der Waals surface area (Å²) in [5.74, 6) is 0. The SMILES string of the molecule is CC(C)(C)CC(NC(=O)N1CCOCC1)C(F)(F)F. The van der Waals surface area contributed by atoms with E-state index >= 15 is 0 Å². The molecule has 4 nitrogen and oxygen atoms in total. The number of morpholine rings is 1. The molecule has 0 radical (unpaired) electrons. The Hall–Kier alpha value is -0.980. The molecule has 1 rings (SSSR count). The molecule has 2 amide bonds. The molecular weight excluding hydrogens is 261 g/mol. The van der Waals surface area contributed by atoms with Crippen LogP contribution in [0.4, 0.5) is 18.0 Å². The van der Waals surface area contributed by atoms with Crippen LogP contribution < -0.4 is 5.32 Å². The minimum Gasteiger partial charge on any atom is -0.378 e. The number of urea groups is 1. The molecule has 1 unspecified atom stereocenters. The molecule has 0 spiro atoms. The number of carbonyl (C=O) groups is 1. The number of nitrogens with one attached hydrogen (secondary N) is 1. The van der Waals surface area contributed by atoms with Gasteiger partial charge in [0.25, 0.3) is 0 Å². The Labute approximate surface area is 111 Å². The van der Waals surface area contributed by atoms with Crippen LogP contribution in [0.2, 0.25) is 0 Å². The largest absolute Gasteiger partial charge is 0.408 e. The number of rotatable bonds is 2. The molecule has 1 atom stereocenters. The number of nitrogens with zero attached hydrogens (tertiary/aromatic N) is 1. The molecule has 0 bridgehead atoms. The van der Waals surface area contributed by atoms with Crippen molar-refractivity contribution in [1.29, 1.82) is 0 Å². The van der Waals surface area contributed by atoms with E-state index in [1.807, 2.05) is 0 Å². The Morgan fingerprint density at radius 2 is 1.79 bits per heavy atom. The van der Waals surface area contributed by atoms with Gasteiger partial charge in [-0.25, -0.2) is 4.79 Å². The number of hydrogen-bond donors (Lipinski definition) is 1. The molecule has 112 valence electrons. The van der Waals surface area contributed by atoms with Crippen molar-refractivity contribution in [2.45, 2.75) is 39.4 Å². The van der Waals surface area contributed by atoms with E-state index in [9.17, 15) is 18.0 Å². The number of ether oxygens (including phenoxy) is 1. The van der Waals surface area contributed by atoms with Crippen molar-refractivity contribution >= 4 is 6.03 Å². The topological polar surface area (TPSA) is 41.6 Å². The van der Waals surface area contributed by atoms with Crippen LogP contribution in [0, 0.1) is 5.41 Å². The Morgan fingerprint density at radius 3 is 2.21 bits per heavy atom. The average molecular weight is 282 g/mol. The second-order valence-corrected chi connectivity index (χ2v) is 5.91.